The van der Waals surface area contributed by atoms with E-state index in [1.807, 2.05) is 24.3 Å². The van der Waals surface area contributed by atoms with Crippen LogP contribution < -0.4 is 4.90 Å². The standard InChI is InChI=1S/C33H23NO/c1-22-19-20-31-29(21-22)33(28-17-9-10-18-30(28)34(31)23-11-3-2-4-12-23)26-15-7-5-13-24(26)32(35)25-14-6-8-16-27(25)33/h2-21H,1H3. The second kappa shape index (κ2) is 7.28. The Kier molecular flexibility index (Phi) is 4.16. The number of hydrogen-bond acceptors (Lipinski definition) is 2. The molecule has 1 spiro atoms. The molecular weight excluding hydrogens is 426 g/mol. The first kappa shape index (κ1) is 20.0. The molecule has 0 amide bonds. The van der Waals surface area contributed by atoms with Gasteiger partial charge in [-0.2, -0.15) is 0 Å². The second-order valence-electron chi connectivity index (χ2n) is 9.38. The lowest BCUT2D eigenvalue weighted by Gasteiger charge is -2.49. The molecule has 0 saturated carbocycles. The molecule has 7 rings (SSSR count). The molecule has 0 bridgehead atoms. The molecule has 2 heteroatoms. The van der Waals surface area contributed by atoms with Gasteiger partial charge in [0.25, 0.3) is 0 Å². The fraction of sp³-hybridized carbons (Fsp3) is 0.0606. The Labute approximate surface area is 205 Å². The highest BCUT2D eigenvalue weighted by Crippen LogP contribution is 2.60. The minimum absolute atomic E-state index is 0.0963. The molecule has 0 atom stereocenters. The minimum Gasteiger partial charge on any atom is -0.310 e. The van der Waals surface area contributed by atoms with Crippen molar-refractivity contribution < 1.29 is 4.79 Å². The summed E-state index contributed by atoms with van der Waals surface area (Å²) in [6, 6.07) is 42.2. The first-order chi connectivity index (χ1) is 17.2. The Bertz CT molecular complexity index is 1580. The molecule has 5 aromatic rings. The lowest BCUT2D eigenvalue weighted by atomic mass is 9.57. The van der Waals surface area contributed by atoms with Crippen molar-refractivity contribution in [3.63, 3.8) is 0 Å². The molecule has 35 heavy (non-hydrogen) atoms. The van der Waals surface area contributed by atoms with E-state index in [-0.39, 0.29) is 5.78 Å². The highest BCUT2D eigenvalue weighted by atomic mass is 16.1. The Morgan fingerprint density at radius 3 is 1.77 bits per heavy atom. The average Bonchev–Trinajstić information content (AvgIpc) is 2.92. The van der Waals surface area contributed by atoms with E-state index in [9.17, 15) is 4.79 Å². The van der Waals surface area contributed by atoms with Gasteiger partial charge in [0.15, 0.2) is 5.78 Å². The van der Waals surface area contributed by atoms with Gasteiger partial charge in [0.1, 0.15) is 0 Å². The summed E-state index contributed by atoms with van der Waals surface area (Å²) >= 11 is 0. The van der Waals surface area contributed by atoms with Gasteiger partial charge in [-0.25, -0.2) is 0 Å². The molecule has 0 saturated heterocycles. The van der Waals surface area contributed by atoms with Crippen LogP contribution in [0.15, 0.2) is 121 Å². The molecule has 0 fully saturated rings. The fourth-order valence-corrected chi connectivity index (χ4v) is 6.15. The molecular formula is C33H23NO. The Morgan fingerprint density at radius 1 is 0.543 bits per heavy atom. The zero-order valence-corrected chi connectivity index (χ0v) is 19.4. The molecule has 0 unspecified atom stereocenters. The van der Waals surface area contributed by atoms with Gasteiger partial charge in [-0.15, -0.1) is 0 Å². The predicted molar refractivity (Wildman–Crippen MR) is 141 cm³/mol. The number of ketones is 1. The highest BCUT2D eigenvalue weighted by Gasteiger charge is 2.51. The van der Waals surface area contributed by atoms with Crippen molar-refractivity contribution >= 4 is 22.8 Å². The minimum atomic E-state index is -0.593. The fourth-order valence-electron chi connectivity index (χ4n) is 6.15. The van der Waals surface area contributed by atoms with Crippen LogP contribution in [-0.2, 0) is 5.41 Å². The largest absolute Gasteiger partial charge is 0.310 e. The number of aryl methyl sites for hydroxylation is 1. The number of anilines is 3. The molecule has 2 aliphatic rings. The number of hydrogen-bond donors (Lipinski definition) is 0. The number of benzene rings is 5. The normalized spacial score (nSPS) is 14.7. The van der Waals surface area contributed by atoms with Gasteiger partial charge in [-0.1, -0.05) is 103 Å². The second-order valence-corrected chi connectivity index (χ2v) is 9.38. The van der Waals surface area contributed by atoms with Gasteiger partial charge >= 0.3 is 0 Å². The van der Waals surface area contributed by atoms with E-state index < -0.39 is 5.41 Å². The lowest BCUT2D eigenvalue weighted by molar-refractivity contribution is 0.103. The zero-order chi connectivity index (χ0) is 23.6. The Hall–Kier alpha value is -4.43. The van der Waals surface area contributed by atoms with Crippen molar-refractivity contribution in [2.75, 3.05) is 4.90 Å². The number of rotatable bonds is 1. The Morgan fingerprint density at radius 2 is 1.09 bits per heavy atom. The molecule has 166 valence electrons. The average molecular weight is 450 g/mol. The van der Waals surface area contributed by atoms with Gasteiger partial charge in [-0.05, 0) is 53.4 Å². The lowest BCUT2D eigenvalue weighted by Crippen LogP contribution is -2.42. The topological polar surface area (TPSA) is 20.3 Å². The maximum absolute atomic E-state index is 13.7. The van der Waals surface area contributed by atoms with Crippen LogP contribution in [0.1, 0.15) is 43.7 Å². The van der Waals surface area contributed by atoms with Crippen LogP contribution in [0, 0.1) is 6.92 Å². The molecule has 0 radical (unpaired) electrons. The molecule has 1 heterocycles. The molecule has 2 nitrogen and oxygen atoms in total. The zero-order valence-electron chi connectivity index (χ0n) is 19.4. The van der Waals surface area contributed by atoms with Crippen molar-refractivity contribution in [3.8, 4) is 0 Å². The van der Waals surface area contributed by atoms with Crippen molar-refractivity contribution in [2.45, 2.75) is 12.3 Å². The van der Waals surface area contributed by atoms with Crippen LogP contribution >= 0.6 is 0 Å². The third kappa shape index (κ3) is 2.57. The van der Waals surface area contributed by atoms with E-state index in [0.29, 0.717) is 0 Å². The van der Waals surface area contributed by atoms with E-state index in [2.05, 4.69) is 109 Å². The van der Waals surface area contributed by atoms with Crippen molar-refractivity contribution in [3.05, 3.63) is 160 Å². The van der Waals surface area contributed by atoms with E-state index in [4.69, 9.17) is 0 Å². The van der Waals surface area contributed by atoms with Gasteiger partial charge in [-0.3, -0.25) is 4.79 Å². The molecule has 0 aromatic heterocycles. The first-order valence-electron chi connectivity index (χ1n) is 12.0. The summed E-state index contributed by atoms with van der Waals surface area (Å²) in [7, 11) is 0. The van der Waals surface area contributed by atoms with Crippen molar-refractivity contribution in [2.24, 2.45) is 0 Å². The molecule has 0 N–H and O–H groups in total. The molecule has 5 aromatic carbocycles. The first-order valence-corrected chi connectivity index (χ1v) is 12.0. The van der Waals surface area contributed by atoms with Gasteiger partial charge in [0.2, 0.25) is 0 Å². The van der Waals surface area contributed by atoms with E-state index in [1.165, 1.54) is 16.7 Å². The van der Waals surface area contributed by atoms with E-state index >= 15 is 0 Å². The van der Waals surface area contributed by atoms with Crippen molar-refractivity contribution in [1.82, 2.24) is 0 Å². The maximum Gasteiger partial charge on any atom is 0.193 e. The third-order valence-electron chi connectivity index (χ3n) is 7.51. The van der Waals surface area contributed by atoms with Gasteiger partial charge < -0.3 is 4.90 Å². The Balaban J connectivity index is 1.70. The predicted octanol–water partition coefficient (Wildman–Crippen LogP) is 7.71. The van der Waals surface area contributed by atoms with Crippen LogP contribution in [-0.4, -0.2) is 5.78 Å². The van der Waals surface area contributed by atoms with E-state index in [0.717, 1.165) is 39.3 Å². The highest BCUT2D eigenvalue weighted by molar-refractivity contribution is 6.14. The summed E-state index contributed by atoms with van der Waals surface area (Å²) in [6.45, 7) is 2.15. The number of carbonyl (C=O) groups is 1. The summed E-state index contributed by atoms with van der Waals surface area (Å²) in [5, 5.41) is 0. The number of para-hydroxylation sites is 2. The number of carbonyl (C=O) groups excluding carboxylic acids is 1. The number of fused-ring (bicyclic) bond motifs is 8. The SMILES string of the molecule is Cc1ccc2c(c1)C1(c3ccccc3C(=O)c3ccccc31)c1ccccc1N2c1ccccc1. The van der Waals surface area contributed by atoms with Gasteiger partial charge in [0.05, 0.1) is 16.8 Å². The smallest absolute Gasteiger partial charge is 0.193 e. The monoisotopic (exact) mass is 449 g/mol. The van der Waals surface area contributed by atoms with Crippen LogP contribution in [0.5, 0.6) is 0 Å². The maximum atomic E-state index is 13.7. The van der Waals surface area contributed by atoms with Crippen LogP contribution in [0.25, 0.3) is 0 Å². The summed E-state index contributed by atoms with van der Waals surface area (Å²) in [5.74, 6) is 0.0963. The third-order valence-corrected chi connectivity index (χ3v) is 7.51. The van der Waals surface area contributed by atoms with Crippen LogP contribution in [0.2, 0.25) is 0 Å². The van der Waals surface area contributed by atoms with Crippen molar-refractivity contribution in [1.29, 1.82) is 0 Å². The van der Waals surface area contributed by atoms with Crippen LogP contribution in [0.3, 0.4) is 0 Å². The quantitative estimate of drug-likeness (QED) is 0.256. The van der Waals surface area contributed by atoms with Crippen LogP contribution in [0.4, 0.5) is 17.1 Å². The number of nitrogens with zero attached hydrogens (tertiary/aromatic N) is 1. The summed E-state index contributed by atoms with van der Waals surface area (Å²) in [6.07, 6.45) is 0. The van der Waals surface area contributed by atoms with E-state index in [1.54, 1.807) is 0 Å². The summed E-state index contributed by atoms with van der Waals surface area (Å²) in [5.41, 5.74) is 10.0. The summed E-state index contributed by atoms with van der Waals surface area (Å²) < 4.78 is 0. The summed E-state index contributed by atoms with van der Waals surface area (Å²) in [4.78, 5) is 16.1. The van der Waals surface area contributed by atoms with Gasteiger partial charge in [0, 0.05) is 16.8 Å². The molecule has 1 aliphatic heterocycles. The molecule has 1 aliphatic carbocycles.